The lowest BCUT2D eigenvalue weighted by Gasteiger charge is -2.24. The summed E-state index contributed by atoms with van der Waals surface area (Å²) in [6, 6.07) is 10.8. The van der Waals surface area contributed by atoms with Crippen molar-refractivity contribution in [1.82, 2.24) is 10.2 Å². The van der Waals surface area contributed by atoms with Gasteiger partial charge in [-0.05, 0) is 80.6 Å². The van der Waals surface area contributed by atoms with E-state index in [0.717, 1.165) is 24.0 Å². The molecule has 31 heavy (non-hydrogen) atoms. The summed E-state index contributed by atoms with van der Waals surface area (Å²) in [4.78, 5) is 27.1. The third kappa shape index (κ3) is 5.25. The maximum Gasteiger partial charge on any atom is 0.261 e. The Morgan fingerprint density at radius 2 is 1.77 bits per heavy atom. The van der Waals surface area contributed by atoms with Crippen molar-refractivity contribution in [1.29, 1.82) is 0 Å². The van der Waals surface area contributed by atoms with Gasteiger partial charge in [-0.25, -0.2) is 8.42 Å². The van der Waals surface area contributed by atoms with Gasteiger partial charge in [0.1, 0.15) is 6.04 Å². The standard InChI is InChI=1S/C23H29N3O4S/c1-4-13-24-22(27)21-6-5-14-26(21)23(28)18-8-10-19(11-9-18)25-31(29,30)20-12-7-16(2)17(3)15-20/h7-12,15,21,25H,4-6,13-14H2,1-3H3,(H,24,27). The summed E-state index contributed by atoms with van der Waals surface area (Å²) in [7, 11) is -3.73. The number of carbonyl (C=O) groups excluding carboxylic acids is 2. The molecule has 2 aromatic carbocycles. The molecule has 1 atom stereocenters. The van der Waals surface area contributed by atoms with Gasteiger partial charge in [-0.2, -0.15) is 0 Å². The highest BCUT2D eigenvalue weighted by Crippen LogP contribution is 2.23. The Hall–Kier alpha value is -2.87. The van der Waals surface area contributed by atoms with Crippen molar-refractivity contribution in [2.75, 3.05) is 17.8 Å². The van der Waals surface area contributed by atoms with E-state index in [0.29, 0.717) is 30.8 Å². The zero-order valence-electron chi connectivity index (χ0n) is 18.1. The zero-order chi connectivity index (χ0) is 22.6. The Morgan fingerprint density at radius 3 is 2.42 bits per heavy atom. The fourth-order valence-corrected chi connectivity index (χ4v) is 4.73. The van der Waals surface area contributed by atoms with Crippen molar-refractivity contribution in [3.8, 4) is 0 Å². The lowest BCUT2D eigenvalue weighted by Crippen LogP contribution is -2.46. The topological polar surface area (TPSA) is 95.6 Å². The second-order valence-corrected chi connectivity index (χ2v) is 9.56. The first-order valence-corrected chi connectivity index (χ1v) is 12.0. The van der Waals surface area contributed by atoms with Crippen molar-refractivity contribution in [3.63, 3.8) is 0 Å². The highest BCUT2D eigenvalue weighted by molar-refractivity contribution is 7.92. The van der Waals surface area contributed by atoms with E-state index in [4.69, 9.17) is 0 Å². The van der Waals surface area contributed by atoms with E-state index in [1.807, 2.05) is 20.8 Å². The van der Waals surface area contributed by atoms with Gasteiger partial charge in [-0.3, -0.25) is 14.3 Å². The van der Waals surface area contributed by atoms with Crippen LogP contribution in [-0.4, -0.2) is 44.3 Å². The first kappa shape index (κ1) is 22.8. The van der Waals surface area contributed by atoms with Gasteiger partial charge in [0.25, 0.3) is 15.9 Å². The number of aryl methyl sites for hydroxylation is 2. The molecule has 1 heterocycles. The van der Waals surface area contributed by atoms with E-state index in [1.54, 1.807) is 47.4 Å². The second-order valence-electron chi connectivity index (χ2n) is 7.88. The van der Waals surface area contributed by atoms with Crippen LogP contribution in [0.25, 0.3) is 0 Å². The Bertz CT molecular complexity index is 1060. The summed E-state index contributed by atoms with van der Waals surface area (Å²) in [6.45, 7) is 6.89. The summed E-state index contributed by atoms with van der Waals surface area (Å²) in [5.41, 5.74) is 2.70. The molecule has 0 radical (unpaired) electrons. The van der Waals surface area contributed by atoms with Gasteiger partial charge in [0.15, 0.2) is 0 Å². The van der Waals surface area contributed by atoms with E-state index >= 15 is 0 Å². The minimum atomic E-state index is -3.73. The van der Waals surface area contributed by atoms with E-state index in [2.05, 4.69) is 10.0 Å². The SMILES string of the molecule is CCCNC(=O)C1CCCN1C(=O)c1ccc(NS(=O)(=O)c2ccc(C)c(C)c2)cc1. The van der Waals surface area contributed by atoms with Crippen LogP contribution in [0.1, 0.15) is 47.7 Å². The number of rotatable bonds is 7. The minimum absolute atomic E-state index is 0.120. The van der Waals surface area contributed by atoms with Crippen LogP contribution in [0, 0.1) is 13.8 Å². The quantitative estimate of drug-likeness (QED) is 0.687. The van der Waals surface area contributed by atoms with Gasteiger partial charge in [-0.15, -0.1) is 0 Å². The van der Waals surface area contributed by atoms with E-state index in [1.165, 1.54) is 0 Å². The van der Waals surface area contributed by atoms with E-state index in [-0.39, 0.29) is 16.7 Å². The summed E-state index contributed by atoms with van der Waals surface area (Å²) >= 11 is 0. The smallest absolute Gasteiger partial charge is 0.261 e. The molecule has 8 heteroatoms. The second kappa shape index (κ2) is 9.51. The average molecular weight is 444 g/mol. The van der Waals surface area contributed by atoms with E-state index in [9.17, 15) is 18.0 Å². The molecular formula is C23H29N3O4S. The Balaban J connectivity index is 1.71. The number of hydrogen-bond acceptors (Lipinski definition) is 4. The molecule has 166 valence electrons. The summed E-state index contributed by atoms with van der Waals surface area (Å²) in [5, 5.41) is 2.86. The molecule has 1 fully saturated rings. The number of amides is 2. The van der Waals surface area contributed by atoms with Crippen molar-refractivity contribution >= 4 is 27.5 Å². The molecule has 2 aromatic rings. The molecule has 0 spiro atoms. The van der Waals surface area contributed by atoms with Crippen LogP contribution in [0.15, 0.2) is 47.4 Å². The molecule has 7 nitrogen and oxygen atoms in total. The Labute approximate surface area is 183 Å². The maximum absolute atomic E-state index is 12.9. The van der Waals surface area contributed by atoms with Crippen LogP contribution in [0.3, 0.4) is 0 Å². The summed E-state index contributed by atoms with van der Waals surface area (Å²) in [6.07, 6.45) is 2.27. The normalized spacial score (nSPS) is 16.2. The van der Waals surface area contributed by atoms with Gasteiger partial charge < -0.3 is 10.2 Å². The number of nitrogens with zero attached hydrogens (tertiary/aromatic N) is 1. The number of sulfonamides is 1. The third-order valence-corrected chi connectivity index (χ3v) is 6.92. The molecule has 1 saturated heterocycles. The Kier molecular flexibility index (Phi) is 7.00. The van der Waals surface area contributed by atoms with Crippen molar-refractivity contribution < 1.29 is 18.0 Å². The minimum Gasteiger partial charge on any atom is -0.354 e. The Morgan fingerprint density at radius 1 is 1.06 bits per heavy atom. The van der Waals surface area contributed by atoms with Gasteiger partial charge in [0, 0.05) is 24.3 Å². The maximum atomic E-state index is 12.9. The third-order valence-electron chi connectivity index (χ3n) is 5.54. The van der Waals surface area contributed by atoms with Gasteiger partial charge >= 0.3 is 0 Å². The molecule has 1 aliphatic rings. The summed E-state index contributed by atoms with van der Waals surface area (Å²) < 4.78 is 27.9. The van der Waals surface area contributed by atoms with Crippen molar-refractivity contribution in [3.05, 3.63) is 59.2 Å². The fraction of sp³-hybridized carbons (Fsp3) is 0.391. The number of likely N-dealkylation sites (tertiary alicyclic amines) is 1. The molecule has 0 saturated carbocycles. The highest BCUT2D eigenvalue weighted by atomic mass is 32.2. The zero-order valence-corrected chi connectivity index (χ0v) is 19.0. The van der Waals surface area contributed by atoms with Crippen molar-refractivity contribution in [2.45, 2.75) is 51.0 Å². The molecule has 1 unspecified atom stereocenters. The van der Waals surface area contributed by atoms with Gasteiger partial charge in [0.2, 0.25) is 5.91 Å². The highest BCUT2D eigenvalue weighted by Gasteiger charge is 2.34. The number of anilines is 1. The molecule has 0 bridgehead atoms. The molecular weight excluding hydrogens is 414 g/mol. The first-order valence-electron chi connectivity index (χ1n) is 10.5. The lowest BCUT2D eigenvalue weighted by molar-refractivity contribution is -0.124. The largest absolute Gasteiger partial charge is 0.354 e. The molecule has 0 aromatic heterocycles. The van der Waals surface area contributed by atoms with Crippen LogP contribution in [0.4, 0.5) is 5.69 Å². The number of hydrogen-bond donors (Lipinski definition) is 2. The average Bonchev–Trinajstić information content (AvgIpc) is 3.23. The molecule has 3 rings (SSSR count). The van der Waals surface area contributed by atoms with Crippen LogP contribution in [0.5, 0.6) is 0 Å². The van der Waals surface area contributed by atoms with E-state index < -0.39 is 16.1 Å². The molecule has 2 N–H and O–H groups in total. The number of benzene rings is 2. The number of nitrogens with one attached hydrogen (secondary N) is 2. The predicted molar refractivity (Wildman–Crippen MR) is 121 cm³/mol. The lowest BCUT2D eigenvalue weighted by atomic mass is 10.1. The van der Waals surface area contributed by atoms with Crippen LogP contribution >= 0.6 is 0 Å². The van der Waals surface area contributed by atoms with Crippen LogP contribution < -0.4 is 10.0 Å². The van der Waals surface area contributed by atoms with Crippen LogP contribution in [0.2, 0.25) is 0 Å². The monoisotopic (exact) mass is 443 g/mol. The summed E-state index contributed by atoms with van der Waals surface area (Å²) in [5.74, 6) is -0.344. The fourth-order valence-electron chi connectivity index (χ4n) is 3.59. The molecule has 1 aliphatic heterocycles. The molecule has 2 amide bonds. The van der Waals surface area contributed by atoms with Crippen LogP contribution in [-0.2, 0) is 14.8 Å². The predicted octanol–water partition coefficient (Wildman–Crippen LogP) is 3.24. The number of carbonyl (C=O) groups is 2. The van der Waals surface area contributed by atoms with Crippen molar-refractivity contribution in [2.24, 2.45) is 0 Å². The van der Waals surface area contributed by atoms with Gasteiger partial charge in [0.05, 0.1) is 4.90 Å². The molecule has 0 aliphatic carbocycles. The first-order chi connectivity index (χ1) is 14.7. The van der Waals surface area contributed by atoms with Gasteiger partial charge in [-0.1, -0.05) is 13.0 Å².